The number of ketones is 1. The lowest BCUT2D eigenvalue weighted by Crippen LogP contribution is -2.30. The third-order valence-electron chi connectivity index (χ3n) is 5.16. The first-order valence-electron chi connectivity index (χ1n) is 9.42. The quantitative estimate of drug-likeness (QED) is 0.460. The van der Waals surface area contributed by atoms with Crippen molar-refractivity contribution >= 4 is 39.1 Å². The molecule has 1 aliphatic heterocycles. The van der Waals surface area contributed by atoms with E-state index in [0.29, 0.717) is 22.0 Å². The van der Waals surface area contributed by atoms with Gasteiger partial charge in [0, 0.05) is 17.0 Å². The van der Waals surface area contributed by atoms with Gasteiger partial charge in [0.25, 0.3) is 5.91 Å². The van der Waals surface area contributed by atoms with E-state index >= 15 is 0 Å². The van der Waals surface area contributed by atoms with Crippen molar-refractivity contribution in [3.05, 3.63) is 88.8 Å². The normalized spacial score (nSPS) is 16.4. The van der Waals surface area contributed by atoms with E-state index in [2.05, 4.69) is 4.98 Å². The average Bonchev–Trinajstić information content (AvgIpc) is 3.52. The highest BCUT2D eigenvalue weighted by Crippen LogP contribution is 2.43. The molecule has 4 aromatic rings. The number of nitrogens with zero attached hydrogens (tertiary/aromatic N) is 2. The van der Waals surface area contributed by atoms with Crippen LogP contribution < -0.4 is 9.64 Å². The van der Waals surface area contributed by atoms with Crippen molar-refractivity contribution in [1.29, 1.82) is 0 Å². The minimum Gasteiger partial charge on any atom is -0.503 e. The molecule has 0 radical (unpaired) electrons. The molecule has 0 saturated heterocycles. The van der Waals surface area contributed by atoms with Crippen LogP contribution in [0.5, 0.6) is 5.75 Å². The van der Waals surface area contributed by atoms with Crippen molar-refractivity contribution in [2.24, 2.45) is 0 Å². The summed E-state index contributed by atoms with van der Waals surface area (Å²) < 4.78 is 10.9. The molecule has 1 atom stereocenters. The first-order chi connectivity index (χ1) is 15.1. The molecule has 1 N–H and O–H groups in total. The molecule has 2 aromatic heterocycles. The van der Waals surface area contributed by atoms with Crippen LogP contribution in [0.15, 0.2) is 81.9 Å². The first kappa shape index (κ1) is 19.1. The van der Waals surface area contributed by atoms with Crippen molar-refractivity contribution in [2.75, 3.05) is 12.0 Å². The number of Topliss-reactive ketones (excluding diaryl/α,β-unsaturated/α-hetero) is 1. The molecule has 8 heteroatoms. The van der Waals surface area contributed by atoms with Crippen LogP contribution in [-0.2, 0) is 4.79 Å². The predicted octanol–water partition coefficient (Wildman–Crippen LogP) is 4.68. The minimum absolute atomic E-state index is 0.0510. The van der Waals surface area contributed by atoms with E-state index in [1.54, 1.807) is 61.2 Å². The van der Waals surface area contributed by atoms with Crippen molar-refractivity contribution in [2.45, 2.75) is 6.04 Å². The van der Waals surface area contributed by atoms with Gasteiger partial charge in [0.2, 0.25) is 5.78 Å². The molecule has 0 bridgehead atoms. The number of aliphatic hydroxyl groups excluding tert-OH is 1. The molecular weight excluding hydrogens is 416 g/mol. The van der Waals surface area contributed by atoms with E-state index in [0.717, 1.165) is 5.39 Å². The number of ether oxygens (including phenoxy) is 1. The van der Waals surface area contributed by atoms with Crippen LogP contribution in [0, 0.1) is 0 Å². The maximum atomic E-state index is 13.5. The van der Waals surface area contributed by atoms with E-state index in [1.165, 1.54) is 16.2 Å². The van der Waals surface area contributed by atoms with Gasteiger partial charge in [0.05, 0.1) is 18.7 Å². The van der Waals surface area contributed by atoms with Crippen LogP contribution in [-0.4, -0.2) is 28.9 Å². The van der Waals surface area contributed by atoms with Gasteiger partial charge < -0.3 is 14.3 Å². The van der Waals surface area contributed by atoms with Crippen LogP contribution in [0.4, 0.5) is 5.13 Å². The Balaban J connectivity index is 1.64. The fourth-order valence-corrected chi connectivity index (χ4v) is 4.36. The fourth-order valence-electron chi connectivity index (χ4n) is 3.70. The molecular formula is C23H16N2O5S. The molecule has 2 aromatic carbocycles. The number of thiazole rings is 1. The second kappa shape index (κ2) is 7.41. The Bertz CT molecular complexity index is 1290. The molecule has 154 valence electrons. The molecule has 31 heavy (non-hydrogen) atoms. The van der Waals surface area contributed by atoms with Gasteiger partial charge in [-0.05, 0) is 29.8 Å². The van der Waals surface area contributed by atoms with Gasteiger partial charge in [0.1, 0.15) is 11.3 Å². The van der Waals surface area contributed by atoms with E-state index in [1.807, 2.05) is 12.1 Å². The van der Waals surface area contributed by atoms with Gasteiger partial charge in [-0.15, -0.1) is 11.3 Å². The topological polar surface area (TPSA) is 92.9 Å². The van der Waals surface area contributed by atoms with E-state index in [-0.39, 0.29) is 11.3 Å². The number of para-hydroxylation sites is 1. The molecule has 1 aliphatic rings. The Morgan fingerprint density at radius 1 is 1.19 bits per heavy atom. The highest BCUT2D eigenvalue weighted by Gasteiger charge is 2.46. The van der Waals surface area contributed by atoms with Gasteiger partial charge in [-0.2, -0.15) is 0 Å². The summed E-state index contributed by atoms with van der Waals surface area (Å²) in [4.78, 5) is 32.0. The second-order valence-electron chi connectivity index (χ2n) is 6.91. The number of anilines is 1. The zero-order chi connectivity index (χ0) is 21.5. The highest BCUT2D eigenvalue weighted by atomic mass is 32.1. The van der Waals surface area contributed by atoms with E-state index in [4.69, 9.17) is 9.15 Å². The number of furan rings is 1. The first-order valence-corrected chi connectivity index (χ1v) is 10.3. The molecule has 0 spiro atoms. The van der Waals surface area contributed by atoms with Gasteiger partial charge in [0.15, 0.2) is 16.7 Å². The number of fused-ring (bicyclic) bond motifs is 1. The van der Waals surface area contributed by atoms with Gasteiger partial charge in [-0.25, -0.2) is 4.98 Å². The van der Waals surface area contributed by atoms with Crippen molar-refractivity contribution < 1.29 is 23.8 Å². The predicted molar refractivity (Wildman–Crippen MR) is 116 cm³/mol. The van der Waals surface area contributed by atoms with Crippen LogP contribution in [0.1, 0.15) is 22.2 Å². The number of hydrogen-bond acceptors (Lipinski definition) is 7. The fraction of sp³-hybridized carbons (Fsp3) is 0.0870. The van der Waals surface area contributed by atoms with Crippen molar-refractivity contribution in [1.82, 2.24) is 4.98 Å². The Kier molecular flexibility index (Phi) is 4.56. The third-order valence-corrected chi connectivity index (χ3v) is 5.93. The molecule has 0 fully saturated rings. The molecule has 0 saturated carbocycles. The number of hydrogen-bond donors (Lipinski definition) is 1. The van der Waals surface area contributed by atoms with Crippen molar-refractivity contribution in [3.63, 3.8) is 0 Å². The van der Waals surface area contributed by atoms with E-state index in [9.17, 15) is 14.7 Å². The van der Waals surface area contributed by atoms with Gasteiger partial charge in [-0.1, -0.05) is 30.3 Å². The second-order valence-corrected chi connectivity index (χ2v) is 7.78. The smallest absolute Gasteiger partial charge is 0.296 e. The maximum absolute atomic E-state index is 13.5. The third kappa shape index (κ3) is 3.08. The molecule has 3 heterocycles. The summed E-state index contributed by atoms with van der Waals surface area (Å²) in [5, 5.41) is 13.6. The number of rotatable bonds is 5. The largest absolute Gasteiger partial charge is 0.503 e. The molecule has 7 nitrogen and oxygen atoms in total. The lowest BCUT2D eigenvalue weighted by molar-refractivity contribution is -0.117. The van der Waals surface area contributed by atoms with E-state index < -0.39 is 23.5 Å². The Hall–Kier alpha value is -3.91. The number of aliphatic hydroxyl groups is 1. The summed E-state index contributed by atoms with van der Waals surface area (Å²) in [5.74, 6) is -1.17. The molecule has 5 rings (SSSR count). The number of carbonyl (C=O) groups excluding carboxylic acids is 2. The SMILES string of the molecule is COc1ccc([C@@H]2C(C(=O)c3cc4ccccc4o3)=C(O)C(=O)N2c2nccs2)cc1. The number of carbonyl (C=O) groups is 2. The number of benzene rings is 2. The van der Waals surface area contributed by atoms with Gasteiger partial charge in [-0.3, -0.25) is 14.5 Å². The average molecular weight is 432 g/mol. The minimum atomic E-state index is -0.856. The van der Waals surface area contributed by atoms with Crippen LogP contribution in [0.25, 0.3) is 11.0 Å². The molecule has 1 amide bonds. The summed E-state index contributed by atoms with van der Waals surface area (Å²) in [6, 6.07) is 15.0. The van der Waals surface area contributed by atoms with Crippen LogP contribution in [0.3, 0.4) is 0 Å². The summed E-state index contributed by atoms with van der Waals surface area (Å²) in [5.41, 5.74) is 1.13. The van der Waals surface area contributed by atoms with Gasteiger partial charge >= 0.3 is 0 Å². The zero-order valence-corrected chi connectivity index (χ0v) is 17.1. The molecule has 0 aliphatic carbocycles. The summed E-state index contributed by atoms with van der Waals surface area (Å²) in [6.45, 7) is 0. The van der Waals surface area contributed by atoms with Crippen LogP contribution >= 0.6 is 11.3 Å². The summed E-state index contributed by atoms with van der Waals surface area (Å²) in [6.07, 6.45) is 1.56. The Labute approximate surface area is 180 Å². The lowest BCUT2D eigenvalue weighted by atomic mass is 9.95. The summed E-state index contributed by atoms with van der Waals surface area (Å²) in [7, 11) is 1.55. The van der Waals surface area contributed by atoms with Crippen molar-refractivity contribution in [3.8, 4) is 5.75 Å². The summed E-state index contributed by atoms with van der Waals surface area (Å²) >= 11 is 1.24. The highest BCUT2D eigenvalue weighted by molar-refractivity contribution is 7.13. The molecule has 0 unspecified atom stereocenters. The Morgan fingerprint density at radius 2 is 1.97 bits per heavy atom. The lowest BCUT2D eigenvalue weighted by Gasteiger charge is -2.24. The monoisotopic (exact) mass is 432 g/mol. The van der Waals surface area contributed by atoms with Crippen LogP contribution in [0.2, 0.25) is 0 Å². The zero-order valence-electron chi connectivity index (χ0n) is 16.3. The number of amides is 1. The Morgan fingerprint density at radius 3 is 2.65 bits per heavy atom. The number of methoxy groups -OCH3 is 1. The standard InChI is InChI=1S/C23H16N2O5S/c1-29-15-8-6-13(7-9-15)19-18(21(27)22(28)25(19)23-24-10-11-31-23)20(26)17-12-14-4-2-3-5-16(14)30-17/h2-12,19,27H,1H3/t19-/m1/s1. The number of aromatic nitrogens is 1. The maximum Gasteiger partial charge on any atom is 0.296 e.